The van der Waals surface area contributed by atoms with Crippen molar-refractivity contribution in [2.24, 2.45) is 0 Å². The SMILES string of the molecule is O=C1CCC(O)O1.P.P.[Cl][IrH2]. The molecule has 0 spiro atoms. The molecule has 3 atom stereocenters. The van der Waals surface area contributed by atoms with Crippen LogP contribution in [0.1, 0.15) is 12.8 Å². The Labute approximate surface area is 87.0 Å². The van der Waals surface area contributed by atoms with Crippen molar-refractivity contribution >= 4 is 35.4 Å². The number of hydrogen-bond donors (Lipinski definition) is 1. The van der Waals surface area contributed by atoms with Crippen molar-refractivity contribution in [2.75, 3.05) is 0 Å². The monoisotopic (exact) mass is 400 g/mol. The second kappa shape index (κ2) is 11.2. The molecular weight excluding hydrogens is 386 g/mol. The molecule has 1 saturated heterocycles. The van der Waals surface area contributed by atoms with Crippen molar-refractivity contribution in [3.63, 3.8) is 0 Å². The van der Waals surface area contributed by atoms with Gasteiger partial charge < -0.3 is 9.84 Å². The van der Waals surface area contributed by atoms with Gasteiger partial charge in [-0.3, -0.25) is 4.79 Å². The number of halogens is 1. The number of rotatable bonds is 0. The summed E-state index contributed by atoms with van der Waals surface area (Å²) in [6.45, 7) is 0. The van der Waals surface area contributed by atoms with Gasteiger partial charge in [-0.25, -0.2) is 0 Å². The van der Waals surface area contributed by atoms with E-state index in [1.165, 1.54) is 17.9 Å². The second-order valence-corrected chi connectivity index (χ2v) is 1.48. The molecule has 1 aliphatic heterocycles. The first kappa shape index (κ1) is 18.1. The number of carbonyl (C=O) groups is 1. The zero-order chi connectivity index (χ0) is 7.28. The number of cyclic esters (lactones) is 1. The van der Waals surface area contributed by atoms with Crippen LogP contribution in [0.3, 0.4) is 0 Å². The third-order valence-electron chi connectivity index (χ3n) is 0.863. The molecule has 3 nitrogen and oxygen atoms in total. The van der Waals surface area contributed by atoms with Crippen molar-refractivity contribution in [1.29, 1.82) is 0 Å². The van der Waals surface area contributed by atoms with Gasteiger partial charge in [-0.2, -0.15) is 19.8 Å². The molecule has 0 aromatic carbocycles. The van der Waals surface area contributed by atoms with E-state index >= 15 is 0 Å². The number of esters is 1. The van der Waals surface area contributed by atoms with Crippen molar-refractivity contribution < 1.29 is 32.5 Å². The van der Waals surface area contributed by atoms with Crippen LogP contribution in [-0.2, 0) is 27.4 Å². The van der Waals surface area contributed by atoms with Gasteiger partial charge in [0.1, 0.15) is 0 Å². The summed E-state index contributed by atoms with van der Waals surface area (Å²) in [4.78, 5) is 10.1. The normalized spacial score (nSPS) is 20.0. The summed E-state index contributed by atoms with van der Waals surface area (Å²) >= 11 is 1.19. The number of aliphatic hydroxyl groups is 1. The first-order valence-corrected chi connectivity index (χ1v) is 5.67. The van der Waals surface area contributed by atoms with Gasteiger partial charge >= 0.3 is 33.4 Å². The molecule has 1 rings (SSSR count). The quantitative estimate of drug-likeness (QED) is 0.457. The third kappa shape index (κ3) is 9.14. The Balaban J connectivity index is -0.000000149. The Bertz CT molecular complexity index is 105. The standard InChI is InChI=1S/C4H6O3.ClH.Ir.2H3P.2H/c5-3-1-2-4(6)7-3;;;;;;/h3,5H,1-2H2;1H;;2*1H3;;/q;;+1;;;;/p-1. The summed E-state index contributed by atoms with van der Waals surface area (Å²) in [5.41, 5.74) is 0. The van der Waals surface area contributed by atoms with Gasteiger partial charge in [0.15, 0.2) is 0 Å². The molecule has 0 saturated carbocycles. The van der Waals surface area contributed by atoms with Crippen LogP contribution in [-0.4, -0.2) is 17.4 Å². The van der Waals surface area contributed by atoms with E-state index in [9.17, 15) is 4.79 Å². The predicted molar refractivity (Wildman–Crippen MR) is 52.2 cm³/mol. The Morgan fingerprint density at radius 2 is 2.00 bits per heavy atom. The van der Waals surface area contributed by atoms with Crippen LogP contribution >= 0.6 is 29.4 Å². The van der Waals surface area contributed by atoms with Crippen LogP contribution in [0.25, 0.3) is 0 Å². The maximum atomic E-state index is 10.1. The summed E-state index contributed by atoms with van der Waals surface area (Å²) in [7, 11) is 4.69. The summed E-state index contributed by atoms with van der Waals surface area (Å²) < 4.78 is 4.28. The van der Waals surface area contributed by atoms with Crippen LogP contribution in [0.15, 0.2) is 0 Å². The molecule has 7 heteroatoms. The molecule has 3 unspecified atom stereocenters. The van der Waals surface area contributed by atoms with Gasteiger partial charge in [-0.05, 0) is 0 Å². The fourth-order valence-corrected chi connectivity index (χ4v) is 0.511. The molecule has 0 aromatic rings. The molecule has 74 valence electrons. The van der Waals surface area contributed by atoms with Gasteiger partial charge in [0, 0.05) is 6.42 Å². The van der Waals surface area contributed by atoms with E-state index in [0.717, 1.165) is 0 Å². The van der Waals surface area contributed by atoms with Crippen molar-refractivity contribution in [3.8, 4) is 0 Å². The van der Waals surface area contributed by atoms with Gasteiger partial charge in [0.2, 0.25) is 6.29 Å². The molecule has 0 radical (unpaired) electrons. The molecule has 1 fully saturated rings. The number of hydrogen-bond acceptors (Lipinski definition) is 3. The fraction of sp³-hybridized carbons (Fsp3) is 0.750. The average Bonchev–Trinajstić information content (AvgIpc) is 2.20. The van der Waals surface area contributed by atoms with Crippen LogP contribution in [0.4, 0.5) is 0 Å². The van der Waals surface area contributed by atoms with E-state index in [1.54, 1.807) is 0 Å². The van der Waals surface area contributed by atoms with E-state index < -0.39 is 6.29 Å². The zero-order valence-corrected chi connectivity index (χ0v) is 12.2. The van der Waals surface area contributed by atoms with E-state index in [4.69, 9.17) is 14.7 Å². The summed E-state index contributed by atoms with van der Waals surface area (Å²) in [5, 5.41) is 8.46. The predicted octanol–water partition coefficient (Wildman–Crippen LogP) is -0.0904. The molecule has 1 heterocycles. The Hall–Kier alpha value is 1.23. The van der Waals surface area contributed by atoms with E-state index in [1.807, 2.05) is 0 Å². The van der Waals surface area contributed by atoms with Crippen LogP contribution in [0.2, 0.25) is 0 Å². The number of aliphatic hydroxyl groups excluding tert-OH is 1. The molecule has 0 aliphatic carbocycles. The maximum absolute atomic E-state index is 10.1. The van der Waals surface area contributed by atoms with E-state index in [0.29, 0.717) is 12.8 Å². The third-order valence-corrected chi connectivity index (χ3v) is 0.863. The molecule has 0 amide bonds. The zero-order valence-electron chi connectivity index (χ0n) is 5.93. The fourth-order valence-electron chi connectivity index (χ4n) is 0.511. The Morgan fingerprint density at radius 3 is 2.09 bits per heavy atom. The molecule has 1 N–H and O–H groups in total. The van der Waals surface area contributed by atoms with Crippen LogP contribution in [0, 0.1) is 0 Å². The van der Waals surface area contributed by atoms with Gasteiger partial charge in [0.05, 0.1) is 6.42 Å². The summed E-state index contributed by atoms with van der Waals surface area (Å²) in [6, 6.07) is 0. The van der Waals surface area contributed by atoms with Crippen LogP contribution < -0.4 is 0 Å². The molecule has 0 bridgehead atoms. The van der Waals surface area contributed by atoms with Crippen molar-refractivity contribution in [1.82, 2.24) is 0 Å². The van der Waals surface area contributed by atoms with Crippen molar-refractivity contribution in [2.45, 2.75) is 19.1 Å². The second-order valence-electron chi connectivity index (χ2n) is 1.48. The average molecular weight is 400 g/mol. The number of ether oxygens (including phenoxy) is 1. The molecule has 11 heavy (non-hydrogen) atoms. The first-order valence-electron chi connectivity index (χ1n) is 2.31. The van der Waals surface area contributed by atoms with Crippen LogP contribution in [0.5, 0.6) is 0 Å². The Morgan fingerprint density at radius 1 is 1.55 bits per heavy atom. The van der Waals surface area contributed by atoms with Gasteiger partial charge in [-0.1, -0.05) is 0 Å². The molecule has 0 aromatic heterocycles. The summed E-state index contributed by atoms with van der Waals surface area (Å²) in [5.74, 6) is -0.299. The van der Waals surface area contributed by atoms with Crippen molar-refractivity contribution in [3.05, 3.63) is 0 Å². The minimum atomic E-state index is -0.826. The molecule has 1 aliphatic rings. The number of carbonyl (C=O) groups excluding carboxylic acids is 1. The van der Waals surface area contributed by atoms with E-state index in [2.05, 4.69) is 4.74 Å². The van der Waals surface area contributed by atoms with E-state index in [-0.39, 0.29) is 25.8 Å². The Kier molecular flexibility index (Phi) is 18.5. The van der Waals surface area contributed by atoms with Gasteiger partial charge in [-0.15, -0.1) is 0 Å². The molecular formula is C4H14ClIrO3P2. The summed E-state index contributed by atoms with van der Waals surface area (Å²) in [6.07, 6.45) is -0.00694. The minimum absolute atomic E-state index is 0. The van der Waals surface area contributed by atoms with Gasteiger partial charge in [0.25, 0.3) is 0 Å². The first-order chi connectivity index (χ1) is 4.29. The topological polar surface area (TPSA) is 46.5 Å².